The van der Waals surface area contributed by atoms with Crippen molar-refractivity contribution in [3.05, 3.63) is 0 Å². The SMILES string of the molecule is CC(=O)OC[C@@]1(C)[C@@H](C)[C@@]1(F)Cl. The van der Waals surface area contributed by atoms with E-state index in [9.17, 15) is 9.18 Å². The van der Waals surface area contributed by atoms with Gasteiger partial charge in [-0.25, -0.2) is 4.39 Å². The first-order chi connectivity index (χ1) is 5.32. The summed E-state index contributed by atoms with van der Waals surface area (Å²) < 4.78 is 18.0. The lowest BCUT2D eigenvalue weighted by atomic mass is 10.1. The van der Waals surface area contributed by atoms with E-state index in [0.717, 1.165) is 0 Å². The molecule has 0 radical (unpaired) electrons. The fraction of sp³-hybridized carbons (Fsp3) is 0.875. The molecule has 1 aliphatic rings. The molecule has 1 aliphatic carbocycles. The number of alkyl halides is 2. The lowest BCUT2D eigenvalue weighted by molar-refractivity contribution is -0.143. The van der Waals surface area contributed by atoms with Gasteiger partial charge in [0.2, 0.25) is 0 Å². The predicted octanol–water partition coefficient (Wildman–Crippen LogP) is 2.11. The molecule has 0 bridgehead atoms. The quantitative estimate of drug-likeness (QED) is 0.497. The summed E-state index contributed by atoms with van der Waals surface area (Å²) in [6, 6.07) is 0. The van der Waals surface area contributed by atoms with Crippen molar-refractivity contribution in [1.82, 2.24) is 0 Å². The third-order valence-corrected chi connectivity index (χ3v) is 3.51. The number of hydrogen-bond donors (Lipinski definition) is 0. The number of rotatable bonds is 2. The minimum atomic E-state index is -1.71. The second-order valence-electron chi connectivity index (χ2n) is 3.54. The van der Waals surface area contributed by atoms with E-state index in [-0.39, 0.29) is 12.5 Å². The molecule has 3 atom stereocenters. The highest BCUT2D eigenvalue weighted by Gasteiger charge is 2.73. The zero-order chi connectivity index (χ0) is 9.57. The van der Waals surface area contributed by atoms with E-state index in [1.807, 2.05) is 0 Å². The van der Waals surface area contributed by atoms with E-state index in [4.69, 9.17) is 16.3 Å². The molecule has 1 saturated carbocycles. The van der Waals surface area contributed by atoms with Crippen LogP contribution in [0, 0.1) is 11.3 Å². The van der Waals surface area contributed by atoms with Gasteiger partial charge in [0.05, 0.1) is 5.41 Å². The maximum absolute atomic E-state index is 13.3. The van der Waals surface area contributed by atoms with E-state index in [1.54, 1.807) is 13.8 Å². The zero-order valence-corrected chi connectivity index (χ0v) is 8.11. The Balaban J connectivity index is 2.49. The van der Waals surface area contributed by atoms with Crippen molar-refractivity contribution in [3.63, 3.8) is 0 Å². The monoisotopic (exact) mass is 194 g/mol. The molecule has 0 aromatic heterocycles. The van der Waals surface area contributed by atoms with Gasteiger partial charge in [0.25, 0.3) is 0 Å². The lowest BCUT2D eigenvalue weighted by Gasteiger charge is -2.09. The third-order valence-electron chi connectivity index (χ3n) is 2.75. The molecule has 4 heteroatoms. The number of carbonyl (C=O) groups is 1. The number of ether oxygens (including phenoxy) is 1. The van der Waals surface area contributed by atoms with Crippen LogP contribution in [0.5, 0.6) is 0 Å². The standard InChI is InChI=1S/C8H12ClFO2/c1-5-7(3,8(5,9)10)4-12-6(2)11/h5H,4H2,1-3H3/t5-,7+,8+/m1/s1. The van der Waals surface area contributed by atoms with Crippen LogP contribution in [0.25, 0.3) is 0 Å². The smallest absolute Gasteiger partial charge is 0.302 e. The van der Waals surface area contributed by atoms with E-state index < -0.39 is 16.5 Å². The van der Waals surface area contributed by atoms with Gasteiger partial charge in [-0.2, -0.15) is 0 Å². The number of esters is 1. The Morgan fingerprint density at radius 3 is 2.42 bits per heavy atom. The molecule has 12 heavy (non-hydrogen) atoms. The van der Waals surface area contributed by atoms with E-state index >= 15 is 0 Å². The van der Waals surface area contributed by atoms with Gasteiger partial charge in [-0.1, -0.05) is 25.4 Å². The van der Waals surface area contributed by atoms with Crippen LogP contribution in [0.1, 0.15) is 20.8 Å². The summed E-state index contributed by atoms with van der Waals surface area (Å²) in [5.74, 6) is -0.659. The molecule has 70 valence electrons. The van der Waals surface area contributed by atoms with Gasteiger partial charge in [-0.15, -0.1) is 0 Å². The molecule has 0 heterocycles. The Bertz CT molecular complexity index is 217. The van der Waals surface area contributed by atoms with Crippen molar-refractivity contribution in [3.8, 4) is 0 Å². The summed E-state index contributed by atoms with van der Waals surface area (Å²) >= 11 is 5.52. The van der Waals surface area contributed by atoms with Gasteiger partial charge in [0, 0.05) is 12.8 Å². The molecule has 0 amide bonds. The Kier molecular flexibility index (Phi) is 2.11. The van der Waals surface area contributed by atoms with Crippen molar-refractivity contribution >= 4 is 17.6 Å². The van der Waals surface area contributed by atoms with Crippen molar-refractivity contribution in [2.45, 2.75) is 25.9 Å². The molecule has 0 aliphatic heterocycles. The summed E-state index contributed by atoms with van der Waals surface area (Å²) in [5, 5.41) is -1.71. The average molecular weight is 195 g/mol. The van der Waals surface area contributed by atoms with E-state index in [0.29, 0.717) is 0 Å². The fourth-order valence-corrected chi connectivity index (χ4v) is 1.68. The highest BCUT2D eigenvalue weighted by Crippen LogP contribution is 2.67. The minimum absolute atomic E-state index is 0.0590. The number of halogens is 2. The lowest BCUT2D eigenvalue weighted by Crippen LogP contribution is -2.16. The molecule has 0 saturated heterocycles. The fourth-order valence-electron chi connectivity index (χ4n) is 1.28. The Morgan fingerprint density at radius 2 is 2.17 bits per heavy atom. The van der Waals surface area contributed by atoms with Gasteiger partial charge in [-0.3, -0.25) is 4.79 Å². The van der Waals surface area contributed by atoms with Gasteiger partial charge in [0.1, 0.15) is 6.61 Å². The summed E-state index contributed by atoms with van der Waals surface area (Å²) in [5.41, 5.74) is -0.708. The first-order valence-electron chi connectivity index (χ1n) is 3.83. The molecule has 0 spiro atoms. The van der Waals surface area contributed by atoms with Crippen LogP contribution in [0.3, 0.4) is 0 Å². The Morgan fingerprint density at radius 1 is 1.75 bits per heavy atom. The largest absolute Gasteiger partial charge is 0.465 e. The van der Waals surface area contributed by atoms with Crippen molar-refractivity contribution < 1.29 is 13.9 Å². The molecule has 0 N–H and O–H groups in total. The zero-order valence-electron chi connectivity index (χ0n) is 7.36. The van der Waals surface area contributed by atoms with Crippen LogP contribution in [0.15, 0.2) is 0 Å². The Hall–Kier alpha value is -0.310. The van der Waals surface area contributed by atoms with Crippen LogP contribution in [0.4, 0.5) is 4.39 Å². The molecule has 2 nitrogen and oxygen atoms in total. The summed E-state index contributed by atoms with van der Waals surface area (Å²) in [4.78, 5) is 10.4. The molecule has 1 fully saturated rings. The van der Waals surface area contributed by atoms with Crippen LogP contribution in [-0.4, -0.2) is 17.7 Å². The summed E-state index contributed by atoms with van der Waals surface area (Å²) in [6.45, 7) is 4.73. The molecular weight excluding hydrogens is 183 g/mol. The van der Waals surface area contributed by atoms with Gasteiger partial charge < -0.3 is 4.74 Å². The molecule has 0 unspecified atom stereocenters. The first kappa shape index (κ1) is 9.78. The van der Waals surface area contributed by atoms with Gasteiger partial charge in [0.15, 0.2) is 5.13 Å². The van der Waals surface area contributed by atoms with Crippen LogP contribution in [0.2, 0.25) is 0 Å². The van der Waals surface area contributed by atoms with Gasteiger partial charge in [-0.05, 0) is 0 Å². The van der Waals surface area contributed by atoms with Crippen LogP contribution in [-0.2, 0) is 9.53 Å². The minimum Gasteiger partial charge on any atom is -0.465 e. The first-order valence-corrected chi connectivity index (χ1v) is 4.21. The normalized spacial score (nSPS) is 45.6. The number of hydrogen-bond acceptors (Lipinski definition) is 2. The maximum atomic E-state index is 13.3. The maximum Gasteiger partial charge on any atom is 0.302 e. The highest BCUT2D eigenvalue weighted by molar-refractivity contribution is 6.26. The molecule has 1 rings (SSSR count). The Labute approximate surface area is 76.0 Å². The predicted molar refractivity (Wildman–Crippen MR) is 43.6 cm³/mol. The molecule has 0 aromatic rings. The summed E-state index contributed by atoms with van der Waals surface area (Å²) in [6.07, 6.45) is 0. The van der Waals surface area contributed by atoms with Gasteiger partial charge >= 0.3 is 5.97 Å². The summed E-state index contributed by atoms with van der Waals surface area (Å²) in [7, 11) is 0. The molecule has 0 aromatic carbocycles. The van der Waals surface area contributed by atoms with Crippen LogP contribution >= 0.6 is 11.6 Å². The van der Waals surface area contributed by atoms with Crippen molar-refractivity contribution in [2.24, 2.45) is 11.3 Å². The average Bonchev–Trinajstić information content (AvgIpc) is 2.32. The van der Waals surface area contributed by atoms with Crippen molar-refractivity contribution in [2.75, 3.05) is 6.61 Å². The van der Waals surface area contributed by atoms with Crippen molar-refractivity contribution in [1.29, 1.82) is 0 Å². The van der Waals surface area contributed by atoms with Crippen LogP contribution < -0.4 is 0 Å². The second kappa shape index (κ2) is 2.59. The number of carbonyl (C=O) groups excluding carboxylic acids is 1. The second-order valence-corrected chi connectivity index (χ2v) is 4.09. The topological polar surface area (TPSA) is 26.3 Å². The van der Waals surface area contributed by atoms with E-state index in [1.165, 1.54) is 6.92 Å². The third kappa shape index (κ3) is 1.20. The highest BCUT2D eigenvalue weighted by atomic mass is 35.5. The molecular formula is C8H12ClFO2. The van der Waals surface area contributed by atoms with E-state index in [2.05, 4.69) is 0 Å².